The normalized spacial score (nSPS) is 11.1. The molecular formula is C26H20ClN3O3. The van der Waals surface area contributed by atoms with E-state index in [0.29, 0.717) is 28.8 Å². The fourth-order valence-corrected chi connectivity index (χ4v) is 4.10. The third-order valence-corrected chi connectivity index (χ3v) is 5.91. The first kappa shape index (κ1) is 21.0. The second kappa shape index (κ2) is 8.56. The Morgan fingerprint density at radius 2 is 1.82 bits per heavy atom. The topological polar surface area (TPSA) is 70.2 Å². The molecule has 5 rings (SSSR count). The highest BCUT2D eigenvalue weighted by Gasteiger charge is 2.25. The van der Waals surface area contributed by atoms with Crippen molar-refractivity contribution in [1.29, 1.82) is 0 Å². The summed E-state index contributed by atoms with van der Waals surface area (Å²) in [5.41, 5.74) is 4.08. The lowest BCUT2D eigenvalue weighted by Gasteiger charge is -2.09. The van der Waals surface area contributed by atoms with E-state index in [4.69, 9.17) is 20.9 Å². The number of benzene rings is 3. The van der Waals surface area contributed by atoms with Gasteiger partial charge in [0, 0.05) is 33.7 Å². The molecule has 0 radical (unpaired) electrons. The Balaban J connectivity index is 1.61. The fraction of sp³-hybridized carbons (Fsp3) is 0.115. The van der Waals surface area contributed by atoms with Crippen LogP contribution in [-0.2, 0) is 6.54 Å². The maximum absolute atomic E-state index is 13.6. The largest absolute Gasteiger partial charge is 0.497 e. The van der Waals surface area contributed by atoms with Crippen LogP contribution in [0, 0.1) is 6.92 Å². The Hall–Kier alpha value is -3.90. The van der Waals surface area contributed by atoms with Crippen LogP contribution in [0.2, 0.25) is 5.02 Å². The molecule has 0 spiro atoms. The van der Waals surface area contributed by atoms with Gasteiger partial charge in [-0.3, -0.25) is 4.79 Å². The Morgan fingerprint density at radius 3 is 2.55 bits per heavy atom. The van der Waals surface area contributed by atoms with Gasteiger partial charge in [0.1, 0.15) is 5.75 Å². The molecule has 3 aromatic carbocycles. The van der Waals surface area contributed by atoms with Crippen LogP contribution in [0.15, 0.2) is 77.3 Å². The van der Waals surface area contributed by atoms with E-state index in [2.05, 4.69) is 14.7 Å². The molecule has 5 aromatic rings. The predicted molar refractivity (Wildman–Crippen MR) is 127 cm³/mol. The van der Waals surface area contributed by atoms with Crippen molar-refractivity contribution >= 4 is 28.3 Å². The van der Waals surface area contributed by atoms with E-state index in [-0.39, 0.29) is 11.6 Å². The van der Waals surface area contributed by atoms with E-state index in [9.17, 15) is 4.79 Å². The average molecular weight is 458 g/mol. The van der Waals surface area contributed by atoms with Crippen molar-refractivity contribution in [3.05, 3.63) is 100 Å². The van der Waals surface area contributed by atoms with Gasteiger partial charge >= 0.3 is 0 Å². The second-order valence-electron chi connectivity index (χ2n) is 7.67. The SMILES string of the molecule is COc1ccc2c(c1)c(C(=O)c1noc(-c3ccccc3)n1)c(C)n2Cc1ccc(Cl)cc1. The standard InChI is InChI=1S/C26H20ClN3O3/c1-16-23(24(31)25-28-26(33-29-25)18-6-4-3-5-7-18)21-14-20(32-2)12-13-22(21)30(16)15-17-8-10-19(27)11-9-17/h3-14H,15H2,1-2H3. The molecule has 0 unspecified atom stereocenters. The van der Waals surface area contributed by atoms with Crippen LogP contribution < -0.4 is 4.74 Å². The molecule has 0 aliphatic rings. The molecule has 0 saturated heterocycles. The van der Waals surface area contributed by atoms with Crippen LogP contribution in [-0.4, -0.2) is 27.6 Å². The van der Waals surface area contributed by atoms with Crippen LogP contribution in [0.1, 0.15) is 27.4 Å². The third-order valence-electron chi connectivity index (χ3n) is 5.66. The summed E-state index contributed by atoms with van der Waals surface area (Å²) in [7, 11) is 1.60. The van der Waals surface area contributed by atoms with E-state index in [1.165, 1.54) is 0 Å². The van der Waals surface area contributed by atoms with Crippen molar-refractivity contribution in [1.82, 2.24) is 14.7 Å². The first-order chi connectivity index (χ1) is 16.0. The van der Waals surface area contributed by atoms with E-state index in [1.807, 2.05) is 79.7 Å². The maximum Gasteiger partial charge on any atom is 0.258 e. The summed E-state index contributed by atoms with van der Waals surface area (Å²) >= 11 is 6.05. The van der Waals surface area contributed by atoms with E-state index >= 15 is 0 Å². The zero-order valence-corrected chi connectivity index (χ0v) is 18.8. The number of aromatic nitrogens is 3. The molecule has 0 aliphatic carbocycles. The number of hydrogen-bond donors (Lipinski definition) is 0. The number of ether oxygens (including phenoxy) is 1. The van der Waals surface area contributed by atoms with Crippen molar-refractivity contribution in [3.63, 3.8) is 0 Å². The molecule has 2 heterocycles. The lowest BCUT2D eigenvalue weighted by atomic mass is 10.1. The van der Waals surface area contributed by atoms with Gasteiger partial charge in [0.25, 0.3) is 5.89 Å². The Morgan fingerprint density at radius 1 is 1.06 bits per heavy atom. The number of carbonyl (C=O) groups is 1. The minimum atomic E-state index is -0.299. The van der Waals surface area contributed by atoms with Crippen LogP contribution >= 0.6 is 11.6 Å². The van der Waals surface area contributed by atoms with Gasteiger partial charge in [0.05, 0.1) is 12.7 Å². The van der Waals surface area contributed by atoms with E-state index in [0.717, 1.165) is 27.7 Å². The number of fused-ring (bicyclic) bond motifs is 1. The summed E-state index contributed by atoms with van der Waals surface area (Å²) in [6, 6.07) is 22.7. The Kier molecular flexibility index (Phi) is 5.44. The monoisotopic (exact) mass is 457 g/mol. The minimum absolute atomic E-state index is 0.0188. The average Bonchev–Trinajstić information content (AvgIpc) is 3.44. The third kappa shape index (κ3) is 3.90. The predicted octanol–water partition coefficient (Wildman–Crippen LogP) is 5.94. The van der Waals surface area contributed by atoms with E-state index in [1.54, 1.807) is 7.11 Å². The summed E-state index contributed by atoms with van der Waals surface area (Å²) in [6.07, 6.45) is 0. The van der Waals surface area contributed by atoms with Crippen molar-refractivity contribution in [2.24, 2.45) is 0 Å². The molecule has 0 fully saturated rings. The van der Waals surface area contributed by atoms with Gasteiger partial charge in [-0.1, -0.05) is 47.1 Å². The first-order valence-corrected chi connectivity index (χ1v) is 10.8. The lowest BCUT2D eigenvalue weighted by molar-refractivity contribution is 0.102. The van der Waals surface area contributed by atoms with Crippen molar-refractivity contribution in [3.8, 4) is 17.2 Å². The van der Waals surface area contributed by atoms with Crippen LogP contribution in [0.4, 0.5) is 0 Å². The maximum atomic E-state index is 13.6. The number of carbonyl (C=O) groups excluding carboxylic acids is 1. The molecule has 2 aromatic heterocycles. The van der Waals surface area contributed by atoms with Crippen LogP contribution in [0.25, 0.3) is 22.4 Å². The molecule has 0 N–H and O–H groups in total. The van der Waals surface area contributed by atoms with Crippen LogP contribution in [0.3, 0.4) is 0 Å². The highest BCUT2D eigenvalue weighted by atomic mass is 35.5. The van der Waals surface area contributed by atoms with Gasteiger partial charge in [-0.15, -0.1) is 0 Å². The highest BCUT2D eigenvalue weighted by Crippen LogP contribution is 2.32. The molecular weight excluding hydrogens is 438 g/mol. The smallest absolute Gasteiger partial charge is 0.258 e. The quantitative estimate of drug-likeness (QED) is 0.295. The lowest BCUT2D eigenvalue weighted by Crippen LogP contribution is -2.07. The molecule has 0 aliphatic heterocycles. The zero-order valence-electron chi connectivity index (χ0n) is 18.1. The molecule has 33 heavy (non-hydrogen) atoms. The molecule has 6 nitrogen and oxygen atoms in total. The van der Waals surface area contributed by atoms with Gasteiger partial charge in [-0.2, -0.15) is 4.98 Å². The summed E-state index contributed by atoms with van der Waals surface area (Å²) in [5.74, 6) is 0.689. The number of hydrogen-bond acceptors (Lipinski definition) is 5. The van der Waals surface area contributed by atoms with Gasteiger partial charge in [-0.25, -0.2) is 0 Å². The summed E-state index contributed by atoms with van der Waals surface area (Å²) in [5, 5.41) is 5.43. The summed E-state index contributed by atoms with van der Waals surface area (Å²) in [4.78, 5) is 17.9. The zero-order chi connectivity index (χ0) is 22.9. The van der Waals surface area contributed by atoms with Crippen molar-refractivity contribution < 1.29 is 14.1 Å². The summed E-state index contributed by atoms with van der Waals surface area (Å²) in [6.45, 7) is 2.51. The van der Waals surface area contributed by atoms with Crippen molar-refractivity contribution in [2.45, 2.75) is 13.5 Å². The number of rotatable bonds is 6. The second-order valence-corrected chi connectivity index (χ2v) is 8.11. The molecule has 0 atom stereocenters. The fourth-order valence-electron chi connectivity index (χ4n) is 3.98. The molecule has 0 amide bonds. The number of halogens is 1. The first-order valence-electron chi connectivity index (χ1n) is 10.4. The van der Waals surface area contributed by atoms with E-state index < -0.39 is 0 Å². The van der Waals surface area contributed by atoms with Gasteiger partial charge in [0.2, 0.25) is 11.6 Å². The van der Waals surface area contributed by atoms with Crippen molar-refractivity contribution in [2.75, 3.05) is 7.11 Å². The number of methoxy groups -OCH3 is 1. The highest BCUT2D eigenvalue weighted by molar-refractivity contribution is 6.30. The molecule has 7 heteroatoms. The molecule has 0 saturated carbocycles. The van der Waals surface area contributed by atoms with Gasteiger partial charge in [-0.05, 0) is 55.0 Å². The van der Waals surface area contributed by atoms with Gasteiger partial charge < -0.3 is 13.8 Å². The van der Waals surface area contributed by atoms with Gasteiger partial charge in [0.15, 0.2) is 0 Å². The minimum Gasteiger partial charge on any atom is -0.497 e. The number of nitrogens with zero attached hydrogens (tertiary/aromatic N) is 3. The Labute approximate surface area is 195 Å². The summed E-state index contributed by atoms with van der Waals surface area (Å²) < 4.78 is 12.9. The van der Waals surface area contributed by atoms with Crippen LogP contribution in [0.5, 0.6) is 5.75 Å². The Bertz CT molecular complexity index is 1450. The molecule has 164 valence electrons. The number of ketones is 1. The molecule has 0 bridgehead atoms.